The molecule has 3 nitrogen and oxygen atoms in total. The highest BCUT2D eigenvalue weighted by atomic mass is 16.5. The van der Waals surface area contributed by atoms with Gasteiger partial charge in [-0.2, -0.15) is 0 Å². The van der Waals surface area contributed by atoms with Crippen LogP contribution >= 0.6 is 0 Å². The van der Waals surface area contributed by atoms with E-state index in [4.69, 9.17) is 4.74 Å². The van der Waals surface area contributed by atoms with Crippen molar-refractivity contribution in [2.45, 2.75) is 45.6 Å². The van der Waals surface area contributed by atoms with Crippen LogP contribution in [-0.2, 0) is 4.74 Å². The van der Waals surface area contributed by atoms with E-state index in [1.165, 1.54) is 32.4 Å². The van der Waals surface area contributed by atoms with E-state index in [0.29, 0.717) is 6.04 Å². The van der Waals surface area contributed by atoms with Crippen molar-refractivity contribution in [1.82, 2.24) is 10.2 Å². The maximum Gasteiger partial charge on any atom is 0.0593 e. The number of hydrogen-bond acceptors (Lipinski definition) is 3. The van der Waals surface area contributed by atoms with Crippen molar-refractivity contribution in [3.63, 3.8) is 0 Å². The molecule has 1 saturated heterocycles. The van der Waals surface area contributed by atoms with Gasteiger partial charge in [0, 0.05) is 25.7 Å². The van der Waals surface area contributed by atoms with Crippen LogP contribution in [0.5, 0.6) is 0 Å². The molecule has 96 valence electrons. The summed E-state index contributed by atoms with van der Waals surface area (Å²) in [7, 11) is 0. The van der Waals surface area contributed by atoms with Crippen LogP contribution < -0.4 is 5.32 Å². The smallest absolute Gasteiger partial charge is 0.0593 e. The zero-order chi connectivity index (χ0) is 11.6. The third kappa shape index (κ3) is 5.83. The average molecular weight is 228 g/mol. The highest BCUT2D eigenvalue weighted by molar-refractivity contribution is 4.75. The Balaban J connectivity index is 2.09. The molecule has 0 aromatic rings. The van der Waals surface area contributed by atoms with Crippen LogP contribution in [0.4, 0.5) is 0 Å². The molecule has 1 heterocycles. The van der Waals surface area contributed by atoms with E-state index in [2.05, 4.69) is 24.1 Å². The van der Waals surface area contributed by atoms with Gasteiger partial charge in [-0.1, -0.05) is 20.3 Å². The first-order chi connectivity index (χ1) is 7.86. The summed E-state index contributed by atoms with van der Waals surface area (Å²) in [5, 5.41) is 3.60. The Morgan fingerprint density at radius 2 is 2.12 bits per heavy atom. The zero-order valence-electron chi connectivity index (χ0n) is 11.0. The second kappa shape index (κ2) is 8.97. The van der Waals surface area contributed by atoms with Crippen molar-refractivity contribution in [2.24, 2.45) is 0 Å². The van der Waals surface area contributed by atoms with E-state index < -0.39 is 0 Å². The molecule has 0 radical (unpaired) electrons. The summed E-state index contributed by atoms with van der Waals surface area (Å²) in [4.78, 5) is 2.50. The summed E-state index contributed by atoms with van der Waals surface area (Å²) < 4.78 is 5.54. The van der Waals surface area contributed by atoms with Crippen LogP contribution in [0, 0.1) is 0 Å². The van der Waals surface area contributed by atoms with E-state index >= 15 is 0 Å². The summed E-state index contributed by atoms with van der Waals surface area (Å²) in [6, 6.07) is 0.708. The number of rotatable bonds is 8. The summed E-state index contributed by atoms with van der Waals surface area (Å²) in [5.41, 5.74) is 0. The van der Waals surface area contributed by atoms with Crippen molar-refractivity contribution < 1.29 is 4.74 Å². The van der Waals surface area contributed by atoms with Crippen molar-refractivity contribution in [2.75, 3.05) is 39.4 Å². The first-order valence-corrected chi connectivity index (χ1v) is 6.90. The van der Waals surface area contributed by atoms with Crippen LogP contribution in [0.1, 0.15) is 39.5 Å². The minimum atomic E-state index is 0.708. The lowest BCUT2D eigenvalue weighted by molar-refractivity contribution is 0.100. The second-order valence-electron chi connectivity index (χ2n) is 4.65. The highest BCUT2D eigenvalue weighted by Crippen LogP contribution is 2.08. The van der Waals surface area contributed by atoms with Gasteiger partial charge in [0.15, 0.2) is 0 Å². The predicted octanol–water partition coefficient (Wildman–Crippen LogP) is 1.88. The first kappa shape index (κ1) is 13.9. The minimum absolute atomic E-state index is 0.708. The first-order valence-electron chi connectivity index (χ1n) is 6.90. The fraction of sp³-hybridized carbons (Fsp3) is 1.00. The number of likely N-dealkylation sites (N-methyl/N-ethyl adjacent to an activating group) is 1. The van der Waals surface area contributed by atoms with Crippen molar-refractivity contribution in [1.29, 1.82) is 0 Å². The molecule has 0 spiro atoms. The van der Waals surface area contributed by atoms with Crippen LogP contribution in [0.3, 0.4) is 0 Å². The molecule has 1 rings (SSSR count). The van der Waals surface area contributed by atoms with E-state index in [1.54, 1.807) is 0 Å². The molecular formula is C13H28N2O. The van der Waals surface area contributed by atoms with Gasteiger partial charge in [0.05, 0.1) is 6.61 Å². The Labute approximate surface area is 101 Å². The summed E-state index contributed by atoms with van der Waals surface area (Å²) >= 11 is 0. The Morgan fingerprint density at radius 3 is 2.75 bits per heavy atom. The molecule has 1 aliphatic heterocycles. The fourth-order valence-corrected chi connectivity index (χ4v) is 2.21. The van der Waals surface area contributed by atoms with E-state index in [0.717, 1.165) is 32.7 Å². The van der Waals surface area contributed by atoms with E-state index in [1.807, 2.05) is 0 Å². The molecule has 0 amide bonds. The molecular weight excluding hydrogens is 200 g/mol. The van der Waals surface area contributed by atoms with Gasteiger partial charge < -0.3 is 10.1 Å². The molecule has 0 aliphatic carbocycles. The number of nitrogens with one attached hydrogen (secondary N) is 1. The lowest BCUT2D eigenvalue weighted by atomic mass is 10.0. The fourth-order valence-electron chi connectivity index (χ4n) is 2.21. The lowest BCUT2D eigenvalue weighted by Gasteiger charge is -2.29. The molecule has 0 bridgehead atoms. The number of piperidine rings is 1. The molecule has 1 aliphatic rings. The van der Waals surface area contributed by atoms with E-state index in [-0.39, 0.29) is 0 Å². The molecule has 1 unspecified atom stereocenters. The Bertz CT molecular complexity index is 158. The number of ether oxygens (including phenoxy) is 1. The molecule has 16 heavy (non-hydrogen) atoms. The predicted molar refractivity (Wildman–Crippen MR) is 68.9 cm³/mol. The largest absolute Gasteiger partial charge is 0.380 e. The van der Waals surface area contributed by atoms with Gasteiger partial charge in [-0.25, -0.2) is 0 Å². The zero-order valence-corrected chi connectivity index (χ0v) is 11.0. The number of nitrogens with zero attached hydrogens (tertiary/aromatic N) is 1. The van der Waals surface area contributed by atoms with Gasteiger partial charge >= 0.3 is 0 Å². The van der Waals surface area contributed by atoms with Gasteiger partial charge in [-0.3, -0.25) is 4.90 Å². The normalized spacial score (nSPS) is 21.6. The van der Waals surface area contributed by atoms with Crippen LogP contribution in [0.25, 0.3) is 0 Å². The number of hydrogen-bond donors (Lipinski definition) is 1. The van der Waals surface area contributed by atoms with Crippen molar-refractivity contribution in [3.05, 3.63) is 0 Å². The van der Waals surface area contributed by atoms with Crippen LogP contribution in [0.2, 0.25) is 0 Å². The van der Waals surface area contributed by atoms with Crippen LogP contribution in [-0.4, -0.2) is 50.3 Å². The molecule has 1 atom stereocenters. The van der Waals surface area contributed by atoms with Gasteiger partial charge in [-0.15, -0.1) is 0 Å². The minimum Gasteiger partial charge on any atom is -0.380 e. The molecule has 0 aromatic carbocycles. The SMILES string of the molecule is CCCOCCN(CC)CC1CCCCN1. The van der Waals surface area contributed by atoms with Crippen molar-refractivity contribution in [3.8, 4) is 0 Å². The maximum absolute atomic E-state index is 5.54. The Hall–Kier alpha value is -0.120. The summed E-state index contributed by atoms with van der Waals surface area (Å²) in [6.07, 6.45) is 5.20. The van der Waals surface area contributed by atoms with Gasteiger partial charge in [-0.05, 0) is 32.4 Å². The van der Waals surface area contributed by atoms with Gasteiger partial charge in [0.1, 0.15) is 0 Å². The molecule has 1 N–H and O–H groups in total. The summed E-state index contributed by atoms with van der Waals surface area (Å²) in [6.45, 7) is 10.8. The average Bonchev–Trinajstić information content (AvgIpc) is 2.34. The molecule has 3 heteroatoms. The molecule has 1 fully saturated rings. The standard InChI is InChI=1S/C13H28N2O/c1-3-10-16-11-9-15(4-2)12-13-7-5-6-8-14-13/h13-14H,3-12H2,1-2H3. The van der Waals surface area contributed by atoms with Gasteiger partial charge in [0.2, 0.25) is 0 Å². The third-order valence-electron chi connectivity index (χ3n) is 3.24. The van der Waals surface area contributed by atoms with Crippen LogP contribution in [0.15, 0.2) is 0 Å². The maximum atomic E-state index is 5.54. The van der Waals surface area contributed by atoms with E-state index in [9.17, 15) is 0 Å². The third-order valence-corrected chi connectivity index (χ3v) is 3.24. The lowest BCUT2D eigenvalue weighted by Crippen LogP contribution is -2.44. The second-order valence-corrected chi connectivity index (χ2v) is 4.65. The Morgan fingerprint density at radius 1 is 1.25 bits per heavy atom. The Kier molecular flexibility index (Phi) is 7.81. The highest BCUT2D eigenvalue weighted by Gasteiger charge is 2.15. The monoisotopic (exact) mass is 228 g/mol. The van der Waals surface area contributed by atoms with Crippen molar-refractivity contribution >= 4 is 0 Å². The topological polar surface area (TPSA) is 24.5 Å². The molecule has 0 saturated carbocycles. The molecule has 0 aromatic heterocycles. The summed E-state index contributed by atoms with van der Waals surface area (Å²) in [5.74, 6) is 0. The quantitative estimate of drug-likeness (QED) is 0.642. The van der Waals surface area contributed by atoms with Gasteiger partial charge in [0.25, 0.3) is 0 Å².